The summed E-state index contributed by atoms with van der Waals surface area (Å²) in [6, 6.07) is 11.0. The van der Waals surface area contributed by atoms with E-state index in [0.717, 1.165) is 30.7 Å². The SMILES string of the molecule is NC(=NCC#Cc1cccc(C(F)(F)F)c1)Nc1ccc2c(c1)CCC2. The molecule has 2 aromatic carbocycles. The van der Waals surface area contributed by atoms with E-state index in [0.29, 0.717) is 5.56 Å². The maximum atomic E-state index is 12.7. The number of benzene rings is 2. The lowest BCUT2D eigenvalue weighted by Crippen LogP contribution is -2.22. The third-order valence-corrected chi connectivity index (χ3v) is 4.12. The van der Waals surface area contributed by atoms with E-state index >= 15 is 0 Å². The van der Waals surface area contributed by atoms with E-state index in [1.54, 1.807) is 0 Å². The Morgan fingerprint density at radius 2 is 1.92 bits per heavy atom. The number of nitrogens with one attached hydrogen (secondary N) is 1. The van der Waals surface area contributed by atoms with E-state index in [9.17, 15) is 13.2 Å². The second-order valence-corrected chi connectivity index (χ2v) is 6.04. The average Bonchev–Trinajstić information content (AvgIpc) is 3.06. The van der Waals surface area contributed by atoms with Crippen molar-refractivity contribution in [1.29, 1.82) is 0 Å². The number of nitrogens with two attached hydrogens (primary N) is 1. The molecule has 1 aliphatic rings. The number of hydrogen-bond donors (Lipinski definition) is 2. The molecule has 3 N–H and O–H groups in total. The fraction of sp³-hybridized carbons (Fsp3) is 0.250. The first kappa shape index (κ1) is 17.9. The first-order chi connectivity index (χ1) is 12.4. The zero-order valence-corrected chi connectivity index (χ0v) is 14.0. The molecule has 0 atom stereocenters. The highest BCUT2D eigenvalue weighted by atomic mass is 19.4. The molecule has 2 aromatic rings. The summed E-state index contributed by atoms with van der Waals surface area (Å²) in [7, 11) is 0. The molecule has 0 aliphatic heterocycles. The van der Waals surface area contributed by atoms with Gasteiger partial charge in [-0.25, -0.2) is 4.99 Å². The number of aliphatic imine (C=N–C) groups is 1. The summed E-state index contributed by atoms with van der Waals surface area (Å²) < 4.78 is 38.0. The summed E-state index contributed by atoms with van der Waals surface area (Å²) in [5, 5.41) is 3.01. The van der Waals surface area contributed by atoms with Crippen LogP contribution in [0.15, 0.2) is 47.5 Å². The van der Waals surface area contributed by atoms with Crippen LogP contribution >= 0.6 is 0 Å². The van der Waals surface area contributed by atoms with E-state index in [1.807, 2.05) is 6.07 Å². The predicted molar refractivity (Wildman–Crippen MR) is 96.9 cm³/mol. The van der Waals surface area contributed by atoms with E-state index in [2.05, 4.69) is 34.3 Å². The molecular formula is C20H18F3N3. The lowest BCUT2D eigenvalue weighted by molar-refractivity contribution is -0.137. The van der Waals surface area contributed by atoms with E-state index in [-0.39, 0.29) is 12.5 Å². The largest absolute Gasteiger partial charge is 0.416 e. The van der Waals surface area contributed by atoms with Gasteiger partial charge in [-0.2, -0.15) is 13.2 Å². The molecule has 0 fully saturated rings. The molecule has 0 aromatic heterocycles. The van der Waals surface area contributed by atoms with Crippen LogP contribution in [0.1, 0.15) is 28.7 Å². The van der Waals surface area contributed by atoms with E-state index in [4.69, 9.17) is 5.73 Å². The summed E-state index contributed by atoms with van der Waals surface area (Å²) in [4.78, 5) is 4.09. The van der Waals surface area contributed by atoms with Gasteiger partial charge in [-0.15, -0.1) is 0 Å². The number of anilines is 1. The molecule has 0 saturated carbocycles. The number of alkyl halides is 3. The Morgan fingerprint density at radius 1 is 1.12 bits per heavy atom. The van der Waals surface area contributed by atoms with Crippen molar-refractivity contribution in [1.82, 2.24) is 0 Å². The Bertz CT molecular complexity index is 889. The fourth-order valence-corrected chi connectivity index (χ4v) is 2.88. The summed E-state index contributed by atoms with van der Waals surface area (Å²) in [5.41, 5.74) is 8.98. The van der Waals surface area contributed by atoms with Crippen molar-refractivity contribution in [2.75, 3.05) is 11.9 Å². The van der Waals surface area contributed by atoms with Crippen LogP contribution in [0, 0.1) is 11.8 Å². The molecule has 0 spiro atoms. The van der Waals surface area contributed by atoms with Crippen molar-refractivity contribution >= 4 is 11.6 Å². The minimum atomic E-state index is -4.37. The molecule has 6 heteroatoms. The molecule has 26 heavy (non-hydrogen) atoms. The van der Waals surface area contributed by atoms with E-state index in [1.165, 1.54) is 29.7 Å². The second kappa shape index (κ2) is 7.52. The van der Waals surface area contributed by atoms with Gasteiger partial charge in [-0.3, -0.25) is 0 Å². The second-order valence-electron chi connectivity index (χ2n) is 6.04. The van der Waals surface area contributed by atoms with Crippen LogP contribution in [-0.2, 0) is 19.0 Å². The highest BCUT2D eigenvalue weighted by Gasteiger charge is 2.30. The minimum Gasteiger partial charge on any atom is -0.370 e. The van der Waals surface area contributed by atoms with E-state index < -0.39 is 11.7 Å². The molecule has 0 radical (unpaired) electrons. The monoisotopic (exact) mass is 357 g/mol. The van der Waals surface area contributed by atoms with Gasteiger partial charge >= 0.3 is 6.18 Å². The van der Waals surface area contributed by atoms with Crippen molar-refractivity contribution in [2.45, 2.75) is 25.4 Å². The van der Waals surface area contributed by atoms with Crippen molar-refractivity contribution in [3.8, 4) is 11.8 Å². The molecule has 3 nitrogen and oxygen atoms in total. The number of rotatable bonds is 2. The molecule has 1 aliphatic carbocycles. The van der Waals surface area contributed by atoms with Crippen LogP contribution in [0.4, 0.5) is 18.9 Å². The minimum absolute atomic E-state index is 0.0972. The first-order valence-electron chi connectivity index (χ1n) is 8.27. The molecule has 134 valence electrons. The van der Waals surface area contributed by atoms with Crippen molar-refractivity contribution < 1.29 is 13.2 Å². The normalized spacial score (nSPS) is 13.7. The molecule has 0 unspecified atom stereocenters. The van der Waals surface area contributed by atoms with Gasteiger partial charge in [0.15, 0.2) is 5.96 Å². The van der Waals surface area contributed by atoms with Gasteiger partial charge in [-0.05, 0) is 60.7 Å². The van der Waals surface area contributed by atoms with Crippen molar-refractivity contribution in [3.05, 3.63) is 64.7 Å². The van der Waals surface area contributed by atoms with Crippen LogP contribution in [0.3, 0.4) is 0 Å². The average molecular weight is 357 g/mol. The van der Waals surface area contributed by atoms with Crippen LogP contribution < -0.4 is 11.1 Å². The smallest absolute Gasteiger partial charge is 0.370 e. The first-order valence-corrected chi connectivity index (χ1v) is 8.27. The van der Waals surface area contributed by atoms with Gasteiger partial charge in [0.25, 0.3) is 0 Å². The third-order valence-electron chi connectivity index (χ3n) is 4.12. The molecule has 0 heterocycles. The molecule has 0 saturated heterocycles. The van der Waals surface area contributed by atoms with Gasteiger partial charge in [0.05, 0.1) is 5.56 Å². The topological polar surface area (TPSA) is 50.4 Å². The van der Waals surface area contributed by atoms with Crippen LogP contribution in [0.5, 0.6) is 0 Å². The number of aryl methyl sites for hydroxylation is 2. The number of fused-ring (bicyclic) bond motifs is 1. The lowest BCUT2D eigenvalue weighted by Gasteiger charge is -2.07. The summed E-state index contributed by atoms with van der Waals surface area (Å²) >= 11 is 0. The van der Waals surface area contributed by atoms with Gasteiger partial charge in [0, 0.05) is 11.3 Å². The zero-order chi connectivity index (χ0) is 18.6. The van der Waals surface area contributed by atoms with Crippen LogP contribution in [0.25, 0.3) is 0 Å². The Morgan fingerprint density at radius 3 is 2.73 bits per heavy atom. The standard InChI is InChI=1S/C20H18F3N3/c21-20(22,23)17-8-1-4-14(12-17)5-3-11-25-19(24)26-18-10-9-15-6-2-7-16(15)13-18/h1,4,8-10,12-13H,2,6-7,11H2,(H3,24,25,26). The van der Waals surface area contributed by atoms with Crippen molar-refractivity contribution in [3.63, 3.8) is 0 Å². The van der Waals surface area contributed by atoms with Gasteiger partial charge in [0.2, 0.25) is 0 Å². The lowest BCUT2D eigenvalue weighted by atomic mass is 10.1. The molecule has 0 amide bonds. The Kier molecular flexibility index (Phi) is 5.17. The molecule has 3 rings (SSSR count). The van der Waals surface area contributed by atoms with Gasteiger partial charge < -0.3 is 11.1 Å². The highest BCUT2D eigenvalue weighted by Crippen LogP contribution is 2.29. The maximum absolute atomic E-state index is 12.7. The summed E-state index contributed by atoms with van der Waals surface area (Å²) in [5.74, 6) is 5.61. The quantitative estimate of drug-likeness (QED) is 0.485. The molecular weight excluding hydrogens is 339 g/mol. The molecule has 0 bridgehead atoms. The number of halogens is 3. The number of hydrogen-bond acceptors (Lipinski definition) is 1. The van der Waals surface area contributed by atoms with Gasteiger partial charge in [-0.1, -0.05) is 24.0 Å². The van der Waals surface area contributed by atoms with Crippen LogP contribution in [-0.4, -0.2) is 12.5 Å². The maximum Gasteiger partial charge on any atom is 0.416 e. The van der Waals surface area contributed by atoms with Crippen LogP contribution in [0.2, 0.25) is 0 Å². The number of guanidine groups is 1. The summed E-state index contributed by atoms with van der Waals surface area (Å²) in [6.07, 6.45) is -1.01. The zero-order valence-electron chi connectivity index (χ0n) is 14.0. The summed E-state index contributed by atoms with van der Waals surface area (Å²) in [6.45, 7) is 0.0972. The highest BCUT2D eigenvalue weighted by molar-refractivity contribution is 5.92. The number of nitrogens with zero attached hydrogens (tertiary/aromatic N) is 1. The predicted octanol–water partition coefficient (Wildman–Crippen LogP) is 3.97. The Balaban J connectivity index is 1.60. The fourth-order valence-electron chi connectivity index (χ4n) is 2.88. The Labute approximate surface area is 150 Å². The third kappa shape index (κ3) is 4.57. The van der Waals surface area contributed by atoms with Gasteiger partial charge in [0.1, 0.15) is 6.54 Å². The Hall–Kier alpha value is -2.94. The van der Waals surface area contributed by atoms with Crippen molar-refractivity contribution in [2.24, 2.45) is 10.7 Å².